The smallest absolute Gasteiger partial charge is 0.119 e. The molecule has 0 amide bonds. The van der Waals surface area contributed by atoms with E-state index in [-0.39, 0.29) is 0 Å². The van der Waals surface area contributed by atoms with Gasteiger partial charge in [-0.15, -0.1) is 11.3 Å². The van der Waals surface area contributed by atoms with Crippen LogP contribution < -0.4 is 4.74 Å². The molecule has 0 saturated carbocycles. The highest BCUT2D eigenvalue weighted by atomic mass is 79.9. The number of methoxy groups -OCH3 is 1. The van der Waals surface area contributed by atoms with E-state index < -0.39 is 0 Å². The van der Waals surface area contributed by atoms with Crippen molar-refractivity contribution in [3.8, 4) is 5.75 Å². The van der Waals surface area contributed by atoms with Crippen LogP contribution in [0.3, 0.4) is 0 Å². The second-order valence-corrected chi connectivity index (χ2v) is 7.51. The predicted octanol–water partition coefficient (Wildman–Crippen LogP) is 7.00. The Bertz CT molecular complexity index is 1060. The number of ether oxygens (including phenoxy) is 1. The fourth-order valence-corrected chi connectivity index (χ4v) is 4.28. The number of benzene rings is 3. The van der Waals surface area contributed by atoms with Crippen molar-refractivity contribution in [1.29, 1.82) is 0 Å². The van der Waals surface area contributed by atoms with Crippen LogP contribution in [0.25, 0.3) is 32.3 Å². The van der Waals surface area contributed by atoms with Crippen molar-refractivity contribution in [2.45, 2.75) is 0 Å². The molecular weight excluding hydrogens is 380 g/mol. The average molecular weight is 395 g/mol. The molecule has 0 aliphatic rings. The standard InChI is InChI=1S/C21H15BrOS/c1-23-16-9-10-19(22)15(13-16)8-6-14-7-11-21-18(12-14)17-4-2-3-5-20(17)24-21/h2-13H,1H3/b8-6+. The predicted molar refractivity (Wildman–Crippen MR) is 109 cm³/mol. The van der Waals surface area contributed by atoms with Crippen LogP contribution in [0.1, 0.15) is 11.1 Å². The maximum atomic E-state index is 5.30. The molecule has 3 heteroatoms. The number of rotatable bonds is 3. The van der Waals surface area contributed by atoms with Gasteiger partial charge in [0.25, 0.3) is 0 Å². The molecule has 118 valence electrons. The minimum Gasteiger partial charge on any atom is -0.497 e. The van der Waals surface area contributed by atoms with Gasteiger partial charge in [-0.2, -0.15) is 0 Å². The fourth-order valence-electron chi connectivity index (χ4n) is 2.81. The van der Waals surface area contributed by atoms with Gasteiger partial charge >= 0.3 is 0 Å². The molecule has 0 N–H and O–H groups in total. The Morgan fingerprint density at radius 3 is 2.58 bits per heavy atom. The van der Waals surface area contributed by atoms with E-state index >= 15 is 0 Å². The van der Waals surface area contributed by atoms with Crippen molar-refractivity contribution in [2.75, 3.05) is 7.11 Å². The zero-order valence-electron chi connectivity index (χ0n) is 13.1. The lowest BCUT2D eigenvalue weighted by Gasteiger charge is -2.03. The molecule has 0 bridgehead atoms. The molecule has 0 radical (unpaired) electrons. The summed E-state index contributed by atoms with van der Waals surface area (Å²) in [5.41, 5.74) is 2.30. The summed E-state index contributed by atoms with van der Waals surface area (Å²) >= 11 is 5.44. The zero-order chi connectivity index (χ0) is 16.5. The highest BCUT2D eigenvalue weighted by Crippen LogP contribution is 2.34. The molecule has 0 spiro atoms. The summed E-state index contributed by atoms with van der Waals surface area (Å²) in [6.45, 7) is 0. The summed E-state index contributed by atoms with van der Waals surface area (Å²) in [7, 11) is 1.69. The van der Waals surface area contributed by atoms with Crippen molar-refractivity contribution in [3.63, 3.8) is 0 Å². The summed E-state index contributed by atoms with van der Waals surface area (Å²) in [6.07, 6.45) is 4.26. The molecule has 0 fully saturated rings. The first kappa shape index (κ1) is 15.4. The van der Waals surface area contributed by atoms with Crippen LogP contribution in [-0.4, -0.2) is 7.11 Å². The summed E-state index contributed by atoms with van der Waals surface area (Å²) in [4.78, 5) is 0. The van der Waals surface area contributed by atoms with Gasteiger partial charge in [-0.3, -0.25) is 0 Å². The van der Waals surface area contributed by atoms with Gasteiger partial charge in [-0.25, -0.2) is 0 Å². The van der Waals surface area contributed by atoms with Crippen LogP contribution in [0, 0.1) is 0 Å². The van der Waals surface area contributed by atoms with E-state index in [0.29, 0.717) is 0 Å². The number of thiophene rings is 1. The van der Waals surface area contributed by atoms with Crippen molar-refractivity contribution in [3.05, 3.63) is 76.3 Å². The molecule has 3 aromatic carbocycles. The Labute approximate surface area is 153 Å². The van der Waals surface area contributed by atoms with E-state index in [1.54, 1.807) is 7.11 Å². The van der Waals surface area contributed by atoms with E-state index in [2.05, 4.69) is 70.5 Å². The van der Waals surface area contributed by atoms with Gasteiger partial charge in [0.2, 0.25) is 0 Å². The van der Waals surface area contributed by atoms with Gasteiger partial charge in [0.1, 0.15) is 5.75 Å². The molecule has 1 heterocycles. The lowest BCUT2D eigenvalue weighted by Crippen LogP contribution is -1.84. The molecule has 1 nitrogen and oxygen atoms in total. The Balaban J connectivity index is 1.75. The van der Waals surface area contributed by atoms with E-state index in [4.69, 9.17) is 4.74 Å². The minimum atomic E-state index is 0.858. The molecular formula is C21H15BrOS. The van der Waals surface area contributed by atoms with Crippen molar-refractivity contribution >= 4 is 59.6 Å². The van der Waals surface area contributed by atoms with E-state index in [1.165, 1.54) is 25.7 Å². The Kier molecular flexibility index (Phi) is 4.13. The Morgan fingerprint density at radius 1 is 0.875 bits per heavy atom. The van der Waals surface area contributed by atoms with Crippen LogP contribution in [0.15, 0.2) is 65.1 Å². The lowest BCUT2D eigenvalue weighted by molar-refractivity contribution is 0.414. The van der Waals surface area contributed by atoms with Gasteiger partial charge in [-0.05, 0) is 47.5 Å². The van der Waals surface area contributed by atoms with Gasteiger partial charge < -0.3 is 4.74 Å². The van der Waals surface area contributed by atoms with Crippen molar-refractivity contribution in [1.82, 2.24) is 0 Å². The molecule has 4 aromatic rings. The first-order chi connectivity index (χ1) is 11.7. The molecule has 24 heavy (non-hydrogen) atoms. The number of hydrogen-bond acceptors (Lipinski definition) is 2. The molecule has 0 atom stereocenters. The normalized spacial score (nSPS) is 11.6. The van der Waals surface area contributed by atoms with Gasteiger partial charge in [0.05, 0.1) is 7.11 Å². The third-order valence-electron chi connectivity index (χ3n) is 4.06. The largest absolute Gasteiger partial charge is 0.497 e. The van der Waals surface area contributed by atoms with Crippen molar-refractivity contribution < 1.29 is 4.74 Å². The van der Waals surface area contributed by atoms with Gasteiger partial charge in [0, 0.05) is 24.6 Å². The molecule has 0 aliphatic heterocycles. The lowest BCUT2D eigenvalue weighted by atomic mass is 10.1. The molecule has 1 aromatic heterocycles. The second-order valence-electron chi connectivity index (χ2n) is 5.57. The van der Waals surface area contributed by atoms with Crippen LogP contribution in [0.5, 0.6) is 5.75 Å². The summed E-state index contributed by atoms with van der Waals surface area (Å²) in [5.74, 6) is 0.858. The third kappa shape index (κ3) is 2.85. The molecule has 0 saturated heterocycles. The summed E-state index contributed by atoms with van der Waals surface area (Å²) in [6, 6.07) is 21.2. The molecule has 0 aliphatic carbocycles. The highest BCUT2D eigenvalue weighted by Gasteiger charge is 2.04. The Morgan fingerprint density at radius 2 is 1.71 bits per heavy atom. The highest BCUT2D eigenvalue weighted by molar-refractivity contribution is 9.10. The fraction of sp³-hybridized carbons (Fsp3) is 0.0476. The third-order valence-corrected chi connectivity index (χ3v) is 5.93. The first-order valence-electron chi connectivity index (χ1n) is 7.67. The van der Waals surface area contributed by atoms with Crippen LogP contribution in [0.2, 0.25) is 0 Å². The maximum Gasteiger partial charge on any atom is 0.119 e. The zero-order valence-corrected chi connectivity index (χ0v) is 15.5. The average Bonchev–Trinajstić information content (AvgIpc) is 2.99. The van der Waals surface area contributed by atoms with E-state index in [0.717, 1.165) is 15.8 Å². The van der Waals surface area contributed by atoms with Gasteiger partial charge in [0.15, 0.2) is 0 Å². The van der Waals surface area contributed by atoms with E-state index in [1.807, 2.05) is 29.5 Å². The topological polar surface area (TPSA) is 9.23 Å². The maximum absolute atomic E-state index is 5.30. The second kappa shape index (κ2) is 6.42. The molecule has 0 unspecified atom stereocenters. The van der Waals surface area contributed by atoms with Crippen molar-refractivity contribution in [2.24, 2.45) is 0 Å². The van der Waals surface area contributed by atoms with Crippen LogP contribution in [-0.2, 0) is 0 Å². The number of halogens is 1. The van der Waals surface area contributed by atoms with E-state index in [9.17, 15) is 0 Å². The first-order valence-corrected chi connectivity index (χ1v) is 9.28. The van der Waals surface area contributed by atoms with Crippen LogP contribution >= 0.6 is 27.3 Å². The monoisotopic (exact) mass is 394 g/mol. The van der Waals surface area contributed by atoms with Gasteiger partial charge in [-0.1, -0.05) is 52.3 Å². The minimum absolute atomic E-state index is 0.858. The summed E-state index contributed by atoms with van der Waals surface area (Å²) < 4.78 is 9.03. The number of hydrogen-bond donors (Lipinski definition) is 0. The SMILES string of the molecule is COc1ccc(Br)c(/C=C/c2ccc3sc4ccccc4c3c2)c1. The quantitative estimate of drug-likeness (QED) is 0.340. The molecule has 4 rings (SSSR count). The number of fused-ring (bicyclic) bond motifs is 3. The Hall–Kier alpha value is -2.10. The summed E-state index contributed by atoms with van der Waals surface area (Å²) in [5, 5.41) is 2.65. The van der Waals surface area contributed by atoms with Crippen LogP contribution in [0.4, 0.5) is 0 Å².